The summed E-state index contributed by atoms with van der Waals surface area (Å²) in [6, 6.07) is 21.7. The third kappa shape index (κ3) is 8.20. The van der Waals surface area contributed by atoms with Crippen LogP contribution >= 0.6 is 0 Å². The zero-order valence-electron chi connectivity index (χ0n) is 22.2. The van der Waals surface area contributed by atoms with Gasteiger partial charge >= 0.3 is 18.0 Å². The Morgan fingerprint density at radius 1 is 0.925 bits per heavy atom. The van der Waals surface area contributed by atoms with Crippen molar-refractivity contribution in [2.45, 2.75) is 25.7 Å². The van der Waals surface area contributed by atoms with Crippen LogP contribution in [0.15, 0.2) is 78.9 Å². The van der Waals surface area contributed by atoms with Crippen molar-refractivity contribution in [1.29, 1.82) is 0 Å². The molecule has 0 aliphatic carbocycles. The second-order valence-electron chi connectivity index (χ2n) is 9.71. The largest absolute Gasteiger partial charge is 0.493 e. The molecule has 208 valence electrons. The number of nitrogens with zero attached hydrogens (tertiary/aromatic N) is 1. The summed E-state index contributed by atoms with van der Waals surface area (Å²) < 4.78 is 11.0. The molecule has 0 spiro atoms. The van der Waals surface area contributed by atoms with Gasteiger partial charge in [0.05, 0.1) is 24.3 Å². The van der Waals surface area contributed by atoms with Crippen LogP contribution in [0, 0.1) is 5.92 Å². The molecule has 2 N–H and O–H groups in total. The van der Waals surface area contributed by atoms with Crippen LogP contribution in [0.25, 0.3) is 6.08 Å². The summed E-state index contributed by atoms with van der Waals surface area (Å²) in [7, 11) is 0. The van der Waals surface area contributed by atoms with E-state index in [1.54, 1.807) is 29.2 Å². The molecule has 1 unspecified atom stereocenters. The van der Waals surface area contributed by atoms with Crippen LogP contribution in [0.2, 0.25) is 0 Å². The molecular weight excluding hydrogens is 510 g/mol. The van der Waals surface area contributed by atoms with Crippen LogP contribution in [-0.4, -0.2) is 59.4 Å². The van der Waals surface area contributed by atoms with E-state index >= 15 is 0 Å². The van der Waals surface area contributed by atoms with Crippen LogP contribution in [0.4, 0.5) is 4.79 Å². The molecule has 8 heteroatoms. The molecule has 0 bridgehead atoms. The Kier molecular flexibility index (Phi) is 9.93. The van der Waals surface area contributed by atoms with Gasteiger partial charge in [0.1, 0.15) is 12.4 Å². The van der Waals surface area contributed by atoms with Crippen molar-refractivity contribution in [3.05, 3.63) is 107 Å². The van der Waals surface area contributed by atoms with E-state index in [0.29, 0.717) is 32.7 Å². The second-order valence-corrected chi connectivity index (χ2v) is 9.71. The molecule has 0 saturated carbocycles. The third-order valence-corrected chi connectivity index (χ3v) is 6.85. The van der Waals surface area contributed by atoms with Gasteiger partial charge in [-0.1, -0.05) is 54.6 Å². The number of carbonyl (C=O) groups excluding carboxylic acids is 1. The van der Waals surface area contributed by atoms with Gasteiger partial charge in [-0.05, 0) is 73.1 Å². The molecule has 4 rings (SSSR count). The zero-order chi connectivity index (χ0) is 28.3. The lowest BCUT2D eigenvalue weighted by atomic mass is 9.91. The van der Waals surface area contributed by atoms with Crippen molar-refractivity contribution >= 4 is 24.1 Å². The standard InChI is InChI=1S/C32H33NO7/c34-30(35)27-14-8-23(9-15-27)6-7-24(22-25-11-16-28(17-12-25)31(36)37)10-13-26-4-1-2-5-29(26)39-20-3-18-33-19-21-40-32(33)38/h1-2,4-5,8-17,24H,3,6-7,18-22H2,(H,34,35)(H,36,37)/b13-10+. The van der Waals surface area contributed by atoms with Crippen molar-refractivity contribution in [3.8, 4) is 5.75 Å². The van der Waals surface area contributed by atoms with E-state index in [0.717, 1.165) is 41.7 Å². The Hall–Kier alpha value is -4.59. The summed E-state index contributed by atoms with van der Waals surface area (Å²) in [5, 5.41) is 18.4. The quantitative estimate of drug-likeness (QED) is 0.247. The predicted molar refractivity (Wildman–Crippen MR) is 151 cm³/mol. The minimum atomic E-state index is -0.954. The van der Waals surface area contributed by atoms with E-state index in [4.69, 9.17) is 14.6 Å². The number of hydrogen-bond donors (Lipinski definition) is 2. The maximum absolute atomic E-state index is 11.6. The van der Waals surface area contributed by atoms with E-state index in [9.17, 15) is 19.5 Å². The number of hydrogen-bond acceptors (Lipinski definition) is 5. The Labute approximate surface area is 233 Å². The van der Waals surface area contributed by atoms with Crippen molar-refractivity contribution in [2.75, 3.05) is 26.3 Å². The molecule has 1 atom stereocenters. The smallest absolute Gasteiger partial charge is 0.409 e. The lowest BCUT2D eigenvalue weighted by Gasteiger charge is -2.15. The van der Waals surface area contributed by atoms with E-state index in [-0.39, 0.29) is 23.1 Å². The third-order valence-electron chi connectivity index (χ3n) is 6.85. The summed E-state index contributed by atoms with van der Waals surface area (Å²) in [5.41, 5.74) is 3.54. The van der Waals surface area contributed by atoms with Crippen LogP contribution in [0.5, 0.6) is 5.75 Å². The van der Waals surface area contributed by atoms with Crippen molar-refractivity contribution in [3.63, 3.8) is 0 Å². The molecule has 8 nitrogen and oxygen atoms in total. The van der Waals surface area contributed by atoms with Gasteiger partial charge in [-0.15, -0.1) is 0 Å². The number of para-hydroxylation sites is 1. The Morgan fingerprint density at radius 3 is 2.20 bits per heavy atom. The van der Waals surface area contributed by atoms with Crippen LogP contribution in [0.3, 0.4) is 0 Å². The van der Waals surface area contributed by atoms with Crippen LogP contribution in [0.1, 0.15) is 50.2 Å². The van der Waals surface area contributed by atoms with Gasteiger partial charge in [0.15, 0.2) is 0 Å². The number of rotatable bonds is 14. The molecule has 1 heterocycles. The first-order valence-electron chi connectivity index (χ1n) is 13.4. The number of amides is 1. The highest BCUT2D eigenvalue weighted by atomic mass is 16.6. The lowest BCUT2D eigenvalue weighted by Crippen LogP contribution is -2.26. The van der Waals surface area contributed by atoms with Crippen molar-refractivity contribution in [1.82, 2.24) is 4.90 Å². The number of cyclic esters (lactones) is 1. The molecule has 1 fully saturated rings. The minimum Gasteiger partial charge on any atom is -0.493 e. The number of allylic oxidation sites excluding steroid dienone is 1. The fraction of sp³-hybridized carbons (Fsp3) is 0.281. The Balaban J connectivity index is 1.43. The average Bonchev–Trinajstić information content (AvgIpc) is 3.37. The fourth-order valence-electron chi connectivity index (χ4n) is 4.57. The summed E-state index contributed by atoms with van der Waals surface area (Å²) >= 11 is 0. The van der Waals surface area contributed by atoms with E-state index < -0.39 is 11.9 Å². The highest BCUT2D eigenvalue weighted by molar-refractivity contribution is 5.88. The first kappa shape index (κ1) is 28.4. The van der Waals surface area contributed by atoms with Gasteiger partial charge in [0.2, 0.25) is 0 Å². The van der Waals surface area contributed by atoms with Gasteiger partial charge in [0.25, 0.3) is 0 Å². The number of carboxylic acids is 2. The maximum atomic E-state index is 11.6. The number of benzene rings is 3. The number of carboxylic acid groups (broad SMARTS) is 2. The molecule has 1 aliphatic heterocycles. The monoisotopic (exact) mass is 543 g/mol. The second kappa shape index (κ2) is 14.0. The topological polar surface area (TPSA) is 113 Å². The average molecular weight is 544 g/mol. The maximum Gasteiger partial charge on any atom is 0.409 e. The summed E-state index contributed by atoms with van der Waals surface area (Å²) in [6.45, 7) is 2.11. The first-order chi connectivity index (χ1) is 19.4. The Bertz CT molecular complexity index is 1330. The minimum absolute atomic E-state index is 0.143. The van der Waals surface area contributed by atoms with Crippen LogP contribution < -0.4 is 4.74 Å². The number of carbonyl (C=O) groups is 3. The van der Waals surface area contributed by atoms with Crippen molar-refractivity contribution < 1.29 is 34.1 Å². The molecule has 1 saturated heterocycles. The normalized spacial score (nSPS) is 13.8. The van der Waals surface area contributed by atoms with E-state index in [1.165, 1.54) is 0 Å². The molecule has 1 aliphatic rings. The summed E-state index contributed by atoms with van der Waals surface area (Å²) in [6.07, 6.45) is 6.93. The summed E-state index contributed by atoms with van der Waals surface area (Å²) in [5.74, 6) is -0.998. The van der Waals surface area contributed by atoms with Gasteiger partial charge in [-0.3, -0.25) is 0 Å². The van der Waals surface area contributed by atoms with Crippen molar-refractivity contribution in [2.24, 2.45) is 5.92 Å². The highest BCUT2D eigenvalue weighted by Crippen LogP contribution is 2.24. The van der Waals surface area contributed by atoms with E-state index in [2.05, 4.69) is 12.2 Å². The molecule has 3 aromatic carbocycles. The number of ether oxygens (including phenoxy) is 2. The zero-order valence-corrected chi connectivity index (χ0v) is 22.2. The summed E-state index contributed by atoms with van der Waals surface area (Å²) in [4.78, 5) is 35.7. The first-order valence-corrected chi connectivity index (χ1v) is 13.4. The number of aromatic carboxylic acids is 2. The molecular formula is C32H33NO7. The predicted octanol–water partition coefficient (Wildman–Crippen LogP) is 5.81. The molecule has 3 aromatic rings. The lowest BCUT2D eigenvalue weighted by molar-refractivity contribution is 0.0686. The van der Waals surface area contributed by atoms with Gasteiger partial charge in [0, 0.05) is 12.1 Å². The molecule has 0 aromatic heterocycles. The molecule has 0 radical (unpaired) electrons. The highest BCUT2D eigenvalue weighted by Gasteiger charge is 2.20. The molecule has 40 heavy (non-hydrogen) atoms. The number of aryl methyl sites for hydroxylation is 1. The molecule has 1 amide bonds. The van der Waals surface area contributed by atoms with Gasteiger partial charge in [-0.2, -0.15) is 0 Å². The SMILES string of the molecule is O=C(O)c1ccc(CCC(/C=C/c2ccccc2OCCCN2CCOC2=O)Cc2ccc(C(=O)O)cc2)cc1. The Morgan fingerprint density at radius 2 is 1.57 bits per heavy atom. The van der Waals surface area contributed by atoms with Crippen LogP contribution in [-0.2, 0) is 17.6 Å². The van der Waals surface area contributed by atoms with Gasteiger partial charge in [-0.25, -0.2) is 14.4 Å². The fourth-order valence-corrected chi connectivity index (χ4v) is 4.57. The van der Waals surface area contributed by atoms with E-state index in [1.807, 2.05) is 48.5 Å². The van der Waals surface area contributed by atoms with Gasteiger partial charge < -0.3 is 24.6 Å².